The van der Waals surface area contributed by atoms with Gasteiger partial charge in [0.05, 0.1) is 5.69 Å². The van der Waals surface area contributed by atoms with Gasteiger partial charge in [0.1, 0.15) is 0 Å². The maximum atomic E-state index is 4.76. The third kappa shape index (κ3) is 3.28. The topological polar surface area (TPSA) is 24.9 Å². The third-order valence-corrected chi connectivity index (χ3v) is 5.17. The average molecular weight is 344 g/mol. The normalized spacial score (nSPS) is 11.2. The van der Waals surface area contributed by atoms with E-state index >= 15 is 0 Å². The van der Waals surface area contributed by atoms with E-state index in [1.54, 1.807) is 11.3 Å². The molecule has 3 heteroatoms. The lowest BCUT2D eigenvalue weighted by Gasteiger charge is -2.07. The molecule has 4 aromatic rings. The van der Waals surface area contributed by atoms with Gasteiger partial charge in [-0.25, -0.2) is 4.98 Å². The highest BCUT2D eigenvalue weighted by atomic mass is 32.1. The number of benzene rings is 3. The van der Waals surface area contributed by atoms with Crippen LogP contribution >= 0.6 is 11.3 Å². The maximum absolute atomic E-state index is 4.76. The summed E-state index contributed by atoms with van der Waals surface area (Å²) in [5.74, 6) is 0.549. The summed E-state index contributed by atoms with van der Waals surface area (Å²) in [5.41, 5.74) is 4.62. The smallest absolute Gasteiger partial charge is 0.187 e. The Morgan fingerprint density at radius 2 is 1.64 bits per heavy atom. The van der Waals surface area contributed by atoms with Crippen LogP contribution in [0.15, 0.2) is 72.1 Å². The minimum absolute atomic E-state index is 0.549. The zero-order valence-electron chi connectivity index (χ0n) is 14.4. The Kier molecular flexibility index (Phi) is 4.24. The van der Waals surface area contributed by atoms with E-state index in [9.17, 15) is 0 Å². The van der Waals surface area contributed by atoms with E-state index in [-0.39, 0.29) is 0 Å². The van der Waals surface area contributed by atoms with Crippen LogP contribution in [-0.2, 0) is 0 Å². The Labute approximate surface area is 152 Å². The van der Waals surface area contributed by atoms with Crippen molar-refractivity contribution in [1.29, 1.82) is 0 Å². The number of fused-ring (bicyclic) bond motifs is 1. The van der Waals surface area contributed by atoms with Gasteiger partial charge in [-0.1, -0.05) is 74.5 Å². The molecule has 124 valence electrons. The van der Waals surface area contributed by atoms with Gasteiger partial charge in [-0.15, -0.1) is 11.3 Å². The minimum Gasteiger partial charge on any atom is -0.331 e. The fourth-order valence-corrected chi connectivity index (χ4v) is 3.68. The fourth-order valence-electron chi connectivity index (χ4n) is 2.95. The van der Waals surface area contributed by atoms with Crippen molar-refractivity contribution in [3.63, 3.8) is 0 Å². The molecule has 1 heterocycles. The summed E-state index contributed by atoms with van der Waals surface area (Å²) < 4.78 is 0. The van der Waals surface area contributed by atoms with Gasteiger partial charge in [0.15, 0.2) is 5.13 Å². The number of thiazole rings is 1. The number of aromatic nitrogens is 1. The SMILES string of the molecule is CC(C)c1ccc(-c2csc(Nc3cccc4ccccc34)n2)cc1. The molecular weight excluding hydrogens is 324 g/mol. The highest BCUT2D eigenvalue weighted by molar-refractivity contribution is 7.14. The van der Waals surface area contributed by atoms with Crippen LogP contribution in [-0.4, -0.2) is 4.98 Å². The molecule has 0 atom stereocenters. The fraction of sp³-hybridized carbons (Fsp3) is 0.136. The Bertz CT molecular complexity index is 995. The highest BCUT2D eigenvalue weighted by Crippen LogP contribution is 2.31. The third-order valence-electron chi connectivity index (χ3n) is 4.41. The van der Waals surface area contributed by atoms with Crippen molar-refractivity contribution in [2.45, 2.75) is 19.8 Å². The lowest BCUT2D eigenvalue weighted by Crippen LogP contribution is -1.91. The summed E-state index contributed by atoms with van der Waals surface area (Å²) in [7, 11) is 0. The van der Waals surface area contributed by atoms with E-state index < -0.39 is 0 Å². The van der Waals surface area contributed by atoms with E-state index in [1.165, 1.54) is 16.3 Å². The lowest BCUT2D eigenvalue weighted by atomic mass is 10.0. The molecular formula is C22H20N2S. The average Bonchev–Trinajstić information content (AvgIpc) is 3.11. The van der Waals surface area contributed by atoms with Crippen molar-refractivity contribution < 1.29 is 0 Å². The van der Waals surface area contributed by atoms with Crippen LogP contribution in [0.3, 0.4) is 0 Å². The minimum atomic E-state index is 0.549. The van der Waals surface area contributed by atoms with Crippen LogP contribution in [0.4, 0.5) is 10.8 Å². The number of nitrogens with zero attached hydrogens (tertiary/aromatic N) is 1. The van der Waals surface area contributed by atoms with Gasteiger partial charge < -0.3 is 5.32 Å². The van der Waals surface area contributed by atoms with Crippen molar-refractivity contribution in [3.8, 4) is 11.3 Å². The number of nitrogens with one attached hydrogen (secondary N) is 1. The second kappa shape index (κ2) is 6.69. The molecule has 4 rings (SSSR count). The first-order chi connectivity index (χ1) is 12.2. The quantitative estimate of drug-likeness (QED) is 0.439. The van der Waals surface area contributed by atoms with Gasteiger partial charge in [-0.2, -0.15) is 0 Å². The molecule has 0 saturated heterocycles. The molecule has 0 fully saturated rings. The van der Waals surface area contributed by atoms with Crippen LogP contribution < -0.4 is 5.32 Å². The lowest BCUT2D eigenvalue weighted by molar-refractivity contribution is 0.867. The summed E-state index contributed by atoms with van der Waals surface area (Å²) in [6.07, 6.45) is 0. The number of hydrogen-bond acceptors (Lipinski definition) is 3. The van der Waals surface area contributed by atoms with Crippen molar-refractivity contribution in [3.05, 3.63) is 77.7 Å². The summed E-state index contributed by atoms with van der Waals surface area (Å²) in [5, 5.41) is 8.94. The predicted molar refractivity (Wildman–Crippen MR) is 109 cm³/mol. The molecule has 0 bridgehead atoms. The van der Waals surface area contributed by atoms with E-state index in [1.807, 2.05) is 0 Å². The molecule has 0 saturated carbocycles. The van der Waals surface area contributed by atoms with Crippen LogP contribution in [0.25, 0.3) is 22.0 Å². The molecule has 0 spiro atoms. The van der Waals surface area contributed by atoms with Crippen molar-refractivity contribution in [1.82, 2.24) is 4.98 Å². The molecule has 0 unspecified atom stereocenters. The predicted octanol–water partition coefficient (Wildman–Crippen LogP) is 6.83. The van der Waals surface area contributed by atoms with Crippen LogP contribution in [0, 0.1) is 0 Å². The van der Waals surface area contributed by atoms with Gasteiger partial charge in [-0.05, 0) is 22.9 Å². The Hall–Kier alpha value is -2.65. The molecule has 0 aliphatic carbocycles. The van der Waals surface area contributed by atoms with Crippen LogP contribution in [0.2, 0.25) is 0 Å². The zero-order valence-corrected chi connectivity index (χ0v) is 15.2. The first kappa shape index (κ1) is 15.9. The molecule has 0 radical (unpaired) electrons. The van der Waals surface area contributed by atoms with Crippen LogP contribution in [0.5, 0.6) is 0 Å². The van der Waals surface area contributed by atoms with Gasteiger partial charge in [-0.3, -0.25) is 0 Å². The van der Waals surface area contributed by atoms with E-state index in [2.05, 4.69) is 91.3 Å². The highest BCUT2D eigenvalue weighted by Gasteiger charge is 2.07. The Morgan fingerprint density at radius 3 is 2.44 bits per heavy atom. The van der Waals surface area contributed by atoms with Crippen molar-refractivity contribution in [2.24, 2.45) is 0 Å². The molecule has 1 N–H and O–H groups in total. The summed E-state index contributed by atoms with van der Waals surface area (Å²) in [6, 6.07) is 23.4. The molecule has 0 aliphatic heterocycles. The van der Waals surface area contributed by atoms with Gasteiger partial charge >= 0.3 is 0 Å². The maximum Gasteiger partial charge on any atom is 0.187 e. The number of anilines is 2. The van der Waals surface area contributed by atoms with Crippen molar-refractivity contribution in [2.75, 3.05) is 5.32 Å². The summed E-state index contributed by atoms with van der Waals surface area (Å²) in [6.45, 7) is 4.42. The molecule has 1 aromatic heterocycles. The molecule has 25 heavy (non-hydrogen) atoms. The van der Waals surface area contributed by atoms with E-state index in [0.717, 1.165) is 22.1 Å². The molecule has 2 nitrogen and oxygen atoms in total. The van der Waals surface area contributed by atoms with Gasteiger partial charge in [0, 0.05) is 22.0 Å². The Balaban J connectivity index is 1.61. The largest absolute Gasteiger partial charge is 0.331 e. The van der Waals surface area contributed by atoms with E-state index in [4.69, 9.17) is 4.98 Å². The monoisotopic (exact) mass is 344 g/mol. The second-order valence-electron chi connectivity index (χ2n) is 6.47. The van der Waals surface area contributed by atoms with Crippen molar-refractivity contribution >= 4 is 32.9 Å². The molecule has 3 aromatic carbocycles. The number of rotatable bonds is 4. The molecule has 0 aliphatic rings. The summed E-state index contributed by atoms with van der Waals surface area (Å²) in [4.78, 5) is 4.76. The summed E-state index contributed by atoms with van der Waals surface area (Å²) >= 11 is 1.64. The second-order valence-corrected chi connectivity index (χ2v) is 7.32. The Morgan fingerprint density at radius 1 is 0.880 bits per heavy atom. The molecule has 0 amide bonds. The first-order valence-corrected chi connectivity index (χ1v) is 9.39. The first-order valence-electron chi connectivity index (χ1n) is 8.51. The van der Waals surface area contributed by atoms with Gasteiger partial charge in [0.2, 0.25) is 0 Å². The number of hydrogen-bond donors (Lipinski definition) is 1. The standard InChI is InChI=1S/C22H20N2S/c1-15(2)16-10-12-18(13-11-16)21-14-25-22(24-21)23-20-9-5-7-17-6-3-4-8-19(17)20/h3-15H,1-2H3,(H,23,24). The van der Waals surface area contributed by atoms with Crippen LogP contribution in [0.1, 0.15) is 25.3 Å². The zero-order chi connectivity index (χ0) is 17.2. The van der Waals surface area contributed by atoms with Gasteiger partial charge in [0.25, 0.3) is 0 Å². The van der Waals surface area contributed by atoms with E-state index in [0.29, 0.717) is 5.92 Å².